The smallest absolute Gasteiger partial charge is 0.331 e. The molecule has 0 saturated heterocycles. The number of benzene rings is 2. The molecule has 0 atom stereocenters. The first-order valence-corrected chi connectivity index (χ1v) is 10.4. The number of nitrogens with one attached hydrogen (secondary N) is 1. The minimum atomic E-state index is -3.22. The number of oxime groups is 1. The van der Waals surface area contributed by atoms with E-state index in [4.69, 9.17) is 4.84 Å². The van der Waals surface area contributed by atoms with Gasteiger partial charge >= 0.3 is 5.97 Å². The van der Waals surface area contributed by atoms with Gasteiger partial charge in [-0.25, -0.2) is 13.2 Å². The zero-order valence-corrected chi connectivity index (χ0v) is 16.2. The minimum absolute atomic E-state index is 0.296. The summed E-state index contributed by atoms with van der Waals surface area (Å²) in [5, 5.41) is 7.13. The van der Waals surface area contributed by atoms with Crippen molar-refractivity contribution in [1.29, 1.82) is 0 Å². The Bertz CT molecular complexity index is 998. The van der Waals surface area contributed by atoms with Crippen molar-refractivity contribution in [2.45, 2.75) is 18.7 Å². The average molecular weight is 387 g/mol. The molecule has 27 heavy (non-hydrogen) atoms. The highest BCUT2D eigenvalue weighted by molar-refractivity contribution is 7.90. The van der Waals surface area contributed by atoms with Crippen molar-refractivity contribution >= 4 is 38.6 Å². The molecule has 2 aromatic carbocycles. The number of carbonyl (C=O) groups excluding carboxylic acids is 1. The van der Waals surface area contributed by atoms with Crippen LogP contribution < -0.4 is 10.2 Å². The van der Waals surface area contributed by atoms with Gasteiger partial charge in [-0.05, 0) is 49.4 Å². The highest BCUT2D eigenvalue weighted by Gasteiger charge is 2.20. The van der Waals surface area contributed by atoms with Gasteiger partial charge in [0.05, 0.1) is 11.4 Å². The maximum absolute atomic E-state index is 11.6. The maximum atomic E-state index is 11.6. The van der Waals surface area contributed by atoms with E-state index < -0.39 is 15.8 Å². The Morgan fingerprint density at radius 2 is 1.85 bits per heavy atom. The molecular formula is C19H21N3O4S. The maximum Gasteiger partial charge on any atom is 0.331 e. The van der Waals surface area contributed by atoms with Crippen molar-refractivity contribution in [3.05, 3.63) is 48.0 Å². The number of nitrogens with zero attached hydrogens (tertiary/aromatic N) is 2. The lowest BCUT2D eigenvalue weighted by Gasteiger charge is -2.24. The topological polar surface area (TPSA) is 88.1 Å². The first kappa shape index (κ1) is 18.9. The van der Waals surface area contributed by atoms with Crippen molar-refractivity contribution in [3.63, 3.8) is 0 Å². The molecule has 0 unspecified atom stereocenters. The Labute approximate surface area is 158 Å². The van der Waals surface area contributed by atoms with E-state index in [1.54, 1.807) is 24.3 Å². The van der Waals surface area contributed by atoms with Gasteiger partial charge in [-0.2, -0.15) is 0 Å². The van der Waals surface area contributed by atoms with E-state index >= 15 is 0 Å². The fourth-order valence-electron chi connectivity index (χ4n) is 2.96. The zero-order chi connectivity index (χ0) is 19.6. The van der Waals surface area contributed by atoms with Gasteiger partial charge in [0, 0.05) is 42.3 Å². The van der Waals surface area contributed by atoms with E-state index in [-0.39, 0.29) is 0 Å². The third-order valence-corrected chi connectivity index (χ3v) is 5.38. The summed E-state index contributed by atoms with van der Waals surface area (Å²) in [6.45, 7) is 4.54. The van der Waals surface area contributed by atoms with E-state index in [1.807, 2.05) is 25.1 Å². The van der Waals surface area contributed by atoms with Gasteiger partial charge in [-0.3, -0.25) is 0 Å². The summed E-state index contributed by atoms with van der Waals surface area (Å²) < 4.78 is 23.3. The zero-order valence-electron chi connectivity index (χ0n) is 15.4. The summed E-state index contributed by atoms with van der Waals surface area (Å²) in [5.41, 5.74) is 4.33. The van der Waals surface area contributed by atoms with E-state index in [9.17, 15) is 13.2 Å². The molecule has 0 amide bonds. The van der Waals surface area contributed by atoms with Gasteiger partial charge in [-0.1, -0.05) is 5.16 Å². The second-order valence-electron chi connectivity index (χ2n) is 6.21. The molecule has 0 aliphatic carbocycles. The Morgan fingerprint density at radius 1 is 1.19 bits per heavy atom. The van der Waals surface area contributed by atoms with Gasteiger partial charge in [0.1, 0.15) is 5.71 Å². The molecule has 142 valence electrons. The molecule has 1 heterocycles. The number of fused-ring (bicyclic) bond motifs is 1. The lowest BCUT2D eigenvalue weighted by Crippen LogP contribution is -2.16. The van der Waals surface area contributed by atoms with E-state index in [0.29, 0.717) is 23.7 Å². The molecule has 1 aliphatic heterocycles. The van der Waals surface area contributed by atoms with Crippen LogP contribution in [0.15, 0.2) is 52.5 Å². The third kappa shape index (κ3) is 4.11. The molecule has 2 aromatic rings. The van der Waals surface area contributed by atoms with Crippen LogP contribution in [0.5, 0.6) is 0 Å². The molecule has 7 nitrogen and oxygen atoms in total. The number of rotatable bonds is 5. The lowest BCUT2D eigenvalue weighted by molar-refractivity contribution is -0.140. The van der Waals surface area contributed by atoms with E-state index in [0.717, 1.165) is 22.6 Å². The Balaban J connectivity index is 1.89. The van der Waals surface area contributed by atoms with E-state index in [1.165, 1.54) is 13.2 Å². The minimum Gasteiger partial charge on any atom is -0.379 e. The number of hydrogen-bond donors (Lipinski definition) is 1. The van der Waals surface area contributed by atoms with Crippen LogP contribution in [-0.2, 0) is 19.5 Å². The van der Waals surface area contributed by atoms with Crippen LogP contribution in [0, 0.1) is 0 Å². The van der Waals surface area contributed by atoms with Gasteiger partial charge in [0.25, 0.3) is 0 Å². The monoisotopic (exact) mass is 387 g/mol. The Morgan fingerprint density at radius 3 is 2.44 bits per heavy atom. The Kier molecular flexibility index (Phi) is 5.18. The number of carbonyl (C=O) groups is 1. The van der Waals surface area contributed by atoms with Crippen molar-refractivity contribution in [2.24, 2.45) is 5.16 Å². The number of anilines is 3. The third-order valence-electron chi connectivity index (χ3n) is 4.25. The summed E-state index contributed by atoms with van der Waals surface area (Å²) in [7, 11) is -3.22. The lowest BCUT2D eigenvalue weighted by atomic mass is 10.1. The summed E-state index contributed by atoms with van der Waals surface area (Å²) in [4.78, 5) is 18.1. The standard InChI is InChI=1S/C19H21N3O4S/c1-4-22(14-5-8-16(9-6-14)27(3,24)25)15-7-10-17-18(11-15)20-12-19(17)21-26-13(2)23/h5-11,20H,4,12H2,1-3H3. The van der Waals surface area contributed by atoms with Crippen molar-refractivity contribution < 1.29 is 18.0 Å². The molecule has 3 rings (SSSR count). The molecule has 0 bridgehead atoms. The predicted molar refractivity (Wildman–Crippen MR) is 105 cm³/mol. The quantitative estimate of drug-likeness (QED) is 0.627. The molecule has 0 fully saturated rings. The van der Waals surface area contributed by atoms with Crippen LogP contribution >= 0.6 is 0 Å². The molecule has 0 radical (unpaired) electrons. The Hall–Kier alpha value is -2.87. The average Bonchev–Trinajstić information content (AvgIpc) is 3.03. The number of hydrogen-bond acceptors (Lipinski definition) is 7. The summed E-state index contributed by atoms with van der Waals surface area (Å²) >= 11 is 0. The molecule has 1 aliphatic rings. The number of sulfone groups is 1. The predicted octanol–water partition coefficient (Wildman–Crippen LogP) is 2.94. The fourth-order valence-corrected chi connectivity index (χ4v) is 3.59. The van der Waals surface area contributed by atoms with Crippen molar-refractivity contribution in [3.8, 4) is 0 Å². The highest BCUT2D eigenvalue weighted by Crippen LogP contribution is 2.32. The molecule has 8 heteroatoms. The van der Waals surface area contributed by atoms with Crippen molar-refractivity contribution in [2.75, 3.05) is 29.6 Å². The summed E-state index contributed by atoms with van der Waals surface area (Å²) in [6, 6.07) is 12.7. The first-order chi connectivity index (χ1) is 12.8. The van der Waals surface area contributed by atoms with Crippen LogP contribution in [0.25, 0.3) is 0 Å². The SMILES string of the molecule is CCN(c1ccc(S(C)(=O)=O)cc1)c1ccc2c(c1)NCC2=NOC(C)=O. The summed E-state index contributed by atoms with van der Waals surface area (Å²) in [6.07, 6.45) is 1.20. The van der Waals surface area contributed by atoms with Gasteiger partial charge in [-0.15, -0.1) is 0 Å². The normalized spacial score (nSPS) is 14.6. The van der Waals surface area contributed by atoms with Gasteiger partial charge in [0.2, 0.25) is 0 Å². The first-order valence-electron chi connectivity index (χ1n) is 8.50. The van der Waals surface area contributed by atoms with Crippen LogP contribution in [0.2, 0.25) is 0 Å². The molecule has 0 saturated carbocycles. The highest BCUT2D eigenvalue weighted by atomic mass is 32.2. The molecule has 0 spiro atoms. The molecular weight excluding hydrogens is 366 g/mol. The van der Waals surface area contributed by atoms with Crippen LogP contribution in [0.1, 0.15) is 19.4 Å². The van der Waals surface area contributed by atoms with Crippen molar-refractivity contribution in [1.82, 2.24) is 0 Å². The second kappa shape index (κ2) is 7.40. The fraction of sp³-hybridized carbons (Fsp3) is 0.263. The molecule has 1 N–H and O–H groups in total. The summed E-state index contributed by atoms with van der Waals surface area (Å²) in [5.74, 6) is -0.456. The van der Waals surface area contributed by atoms with Crippen LogP contribution in [-0.4, -0.2) is 39.4 Å². The largest absolute Gasteiger partial charge is 0.379 e. The van der Waals surface area contributed by atoms with Gasteiger partial charge < -0.3 is 15.1 Å². The van der Waals surface area contributed by atoms with E-state index in [2.05, 4.69) is 15.4 Å². The molecule has 0 aromatic heterocycles. The second-order valence-corrected chi connectivity index (χ2v) is 8.23. The van der Waals surface area contributed by atoms with Crippen LogP contribution in [0.4, 0.5) is 17.1 Å². The van der Waals surface area contributed by atoms with Crippen LogP contribution in [0.3, 0.4) is 0 Å². The van der Waals surface area contributed by atoms with Gasteiger partial charge in [0.15, 0.2) is 9.84 Å².